The number of amides is 1. The predicted octanol–water partition coefficient (Wildman–Crippen LogP) is 1.43. The Morgan fingerprint density at radius 2 is 2.07 bits per heavy atom. The van der Waals surface area contributed by atoms with E-state index in [9.17, 15) is 4.79 Å². The highest BCUT2D eigenvalue weighted by Crippen LogP contribution is 2.29. The molecule has 2 fully saturated rings. The first-order valence-electron chi connectivity index (χ1n) is 6.31. The molecule has 15 heavy (non-hydrogen) atoms. The Morgan fingerprint density at radius 3 is 2.60 bits per heavy atom. The van der Waals surface area contributed by atoms with Crippen LogP contribution in [-0.4, -0.2) is 24.5 Å². The van der Waals surface area contributed by atoms with Crippen LogP contribution in [0.15, 0.2) is 0 Å². The van der Waals surface area contributed by atoms with Gasteiger partial charge in [-0.1, -0.05) is 12.8 Å². The van der Waals surface area contributed by atoms with E-state index in [1.807, 2.05) is 0 Å². The standard InChI is InChI=1S/C12H22N2O/c1-9(10-5-4-6-10)14-12(15)11-7-2-3-8-13-11/h9-11,13H,2-8H2,1H3,(H,14,15)/t9?,11-/m0/s1. The van der Waals surface area contributed by atoms with Crippen LogP contribution < -0.4 is 10.6 Å². The third kappa shape index (κ3) is 2.71. The van der Waals surface area contributed by atoms with Crippen LogP contribution in [0.3, 0.4) is 0 Å². The zero-order valence-electron chi connectivity index (χ0n) is 9.59. The van der Waals surface area contributed by atoms with E-state index in [-0.39, 0.29) is 11.9 Å². The van der Waals surface area contributed by atoms with Crippen LogP contribution in [0.1, 0.15) is 45.4 Å². The average Bonchev–Trinajstić information content (AvgIpc) is 2.16. The minimum absolute atomic E-state index is 0.0706. The first kappa shape index (κ1) is 10.9. The van der Waals surface area contributed by atoms with E-state index in [1.54, 1.807) is 0 Å². The van der Waals surface area contributed by atoms with Crippen LogP contribution in [0.4, 0.5) is 0 Å². The van der Waals surface area contributed by atoms with Gasteiger partial charge in [-0.05, 0) is 45.1 Å². The van der Waals surface area contributed by atoms with Crippen LogP contribution in [0, 0.1) is 5.92 Å². The average molecular weight is 210 g/mol. The van der Waals surface area contributed by atoms with Gasteiger partial charge in [-0.25, -0.2) is 0 Å². The van der Waals surface area contributed by atoms with E-state index in [2.05, 4.69) is 17.6 Å². The topological polar surface area (TPSA) is 41.1 Å². The summed E-state index contributed by atoms with van der Waals surface area (Å²) in [5, 5.41) is 6.44. The van der Waals surface area contributed by atoms with Gasteiger partial charge in [-0.2, -0.15) is 0 Å². The number of piperidine rings is 1. The van der Waals surface area contributed by atoms with Crippen molar-refractivity contribution in [2.45, 2.75) is 57.5 Å². The molecule has 3 nitrogen and oxygen atoms in total. The maximum Gasteiger partial charge on any atom is 0.237 e. The highest BCUT2D eigenvalue weighted by Gasteiger charge is 2.27. The van der Waals surface area contributed by atoms with Gasteiger partial charge in [0.15, 0.2) is 0 Å². The van der Waals surface area contributed by atoms with Gasteiger partial charge in [0.25, 0.3) is 0 Å². The molecular formula is C12H22N2O. The van der Waals surface area contributed by atoms with Gasteiger partial charge < -0.3 is 10.6 Å². The third-order valence-corrected chi connectivity index (χ3v) is 3.85. The van der Waals surface area contributed by atoms with Crippen LogP contribution in [0.25, 0.3) is 0 Å². The molecule has 1 aliphatic heterocycles. The van der Waals surface area contributed by atoms with E-state index < -0.39 is 0 Å². The summed E-state index contributed by atoms with van der Waals surface area (Å²) in [7, 11) is 0. The van der Waals surface area contributed by atoms with Crippen molar-refractivity contribution >= 4 is 5.91 Å². The fourth-order valence-electron chi connectivity index (χ4n) is 2.46. The van der Waals surface area contributed by atoms with Gasteiger partial charge in [-0.3, -0.25) is 4.79 Å². The summed E-state index contributed by atoms with van der Waals surface area (Å²) in [6, 6.07) is 0.441. The van der Waals surface area contributed by atoms with Crippen molar-refractivity contribution in [1.82, 2.24) is 10.6 Å². The number of nitrogens with one attached hydrogen (secondary N) is 2. The Hall–Kier alpha value is -0.570. The van der Waals surface area contributed by atoms with Gasteiger partial charge in [0.2, 0.25) is 5.91 Å². The summed E-state index contributed by atoms with van der Waals surface area (Å²) < 4.78 is 0. The lowest BCUT2D eigenvalue weighted by Crippen LogP contribution is -2.51. The normalized spacial score (nSPS) is 29.3. The number of rotatable bonds is 3. The summed E-state index contributed by atoms with van der Waals surface area (Å²) >= 11 is 0. The number of carbonyl (C=O) groups is 1. The summed E-state index contributed by atoms with van der Waals surface area (Å²) in [4.78, 5) is 11.9. The maximum atomic E-state index is 11.9. The fourth-order valence-corrected chi connectivity index (χ4v) is 2.46. The molecule has 1 saturated heterocycles. The Kier molecular flexibility index (Phi) is 3.62. The SMILES string of the molecule is CC(NC(=O)[C@@H]1CCCCN1)C1CCC1. The van der Waals surface area contributed by atoms with Crippen molar-refractivity contribution in [3.63, 3.8) is 0 Å². The van der Waals surface area contributed by atoms with Gasteiger partial charge in [-0.15, -0.1) is 0 Å². The van der Waals surface area contributed by atoms with Crippen molar-refractivity contribution in [3.05, 3.63) is 0 Å². The van der Waals surface area contributed by atoms with Crippen molar-refractivity contribution in [1.29, 1.82) is 0 Å². The van der Waals surface area contributed by atoms with E-state index in [4.69, 9.17) is 0 Å². The molecule has 0 spiro atoms. The predicted molar refractivity (Wildman–Crippen MR) is 60.6 cm³/mol. The second-order valence-corrected chi connectivity index (χ2v) is 4.99. The molecule has 86 valence electrons. The van der Waals surface area contributed by atoms with Crippen LogP contribution in [0.2, 0.25) is 0 Å². The lowest BCUT2D eigenvalue weighted by Gasteiger charge is -2.33. The molecule has 0 aromatic carbocycles. The molecule has 0 bridgehead atoms. The summed E-state index contributed by atoms with van der Waals surface area (Å²) in [5.41, 5.74) is 0. The van der Waals surface area contributed by atoms with Crippen LogP contribution >= 0.6 is 0 Å². The fraction of sp³-hybridized carbons (Fsp3) is 0.917. The van der Waals surface area contributed by atoms with E-state index in [1.165, 1.54) is 32.1 Å². The summed E-state index contributed by atoms with van der Waals surface area (Å²) in [6.07, 6.45) is 7.32. The molecule has 2 N–H and O–H groups in total. The van der Waals surface area contributed by atoms with Crippen molar-refractivity contribution in [2.24, 2.45) is 5.92 Å². The highest BCUT2D eigenvalue weighted by molar-refractivity contribution is 5.82. The molecule has 0 aromatic rings. The molecule has 1 saturated carbocycles. The van der Waals surface area contributed by atoms with Gasteiger partial charge >= 0.3 is 0 Å². The zero-order valence-corrected chi connectivity index (χ0v) is 9.59. The second-order valence-electron chi connectivity index (χ2n) is 4.99. The molecule has 1 amide bonds. The molecule has 3 heteroatoms. The van der Waals surface area contributed by atoms with Crippen LogP contribution in [0.5, 0.6) is 0 Å². The largest absolute Gasteiger partial charge is 0.352 e. The Morgan fingerprint density at radius 1 is 1.27 bits per heavy atom. The minimum atomic E-state index is 0.0706. The molecule has 1 heterocycles. The number of carbonyl (C=O) groups excluding carboxylic acids is 1. The lowest BCUT2D eigenvalue weighted by molar-refractivity contribution is -0.124. The number of hydrogen-bond acceptors (Lipinski definition) is 2. The molecule has 1 unspecified atom stereocenters. The molecule has 1 aliphatic carbocycles. The molecule has 0 aromatic heterocycles. The third-order valence-electron chi connectivity index (χ3n) is 3.85. The minimum Gasteiger partial charge on any atom is -0.352 e. The van der Waals surface area contributed by atoms with Gasteiger partial charge in [0, 0.05) is 6.04 Å². The smallest absolute Gasteiger partial charge is 0.237 e. The molecule has 2 atom stereocenters. The van der Waals surface area contributed by atoms with E-state index >= 15 is 0 Å². The van der Waals surface area contributed by atoms with Gasteiger partial charge in [0.1, 0.15) is 0 Å². The molecule has 2 aliphatic rings. The lowest BCUT2D eigenvalue weighted by atomic mass is 9.80. The quantitative estimate of drug-likeness (QED) is 0.740. The molecule has 2 rings (SSSR count). The van der Waals surface area contributed by atoms with Crippen molar-refractivity contribution < 1.29 is 4.79 Å². The molecular weight excluding hydrogens is 188 g/mol. The van der Waals surface area contributed by atoms with Gasteiger partial charge in [0.05, 0.1) is 6.04 Å². The Balaban J connectivity index is 1.74. The Bertz CT molecular complexity index is 220. The monoisotopic (exact) mass is 210 g/mol. The second kappa shape index (κ2) is 4.97. The van der Waals surface area contributed by atoms with Crippen LogP contribution in [-0.2, 0) is 4.79 Å². The summed E-state index contributed by atoms with van der Waals surface area (Å²) in [6.45, 7) is 3.14. The first-order valence-corrected chi connectivity index (χ1v) is 6.31. The van der Waals surface area contributed by atoms with E-state index in [0.29, 0.717) is 6.04 Å². The summed E-state index contributed by atoms with van der Waals surface area (Å²) in [5.74, 6) is 0.951. The maximum absolute atomic E-state index is 11.9. The molecule has 0 radical (unpaired) electrons. The highest BCUT2D eigenvalue weighted by atomic mass is 16.2. The van der Waals surface area contributed by atoms with Crippen molar-refractivity contribution in [3.8, 4) is 0 Å². The number of hydrogen-bond donors (Lipinski definition) is 2. The first-order chi connectivity index (χ1) is 7.27. The van der Waals surface area contributed by atoms with Crippen molar-refractivity contribution in [2.75, 3.05) is 6.54 Å². The Labute approximate surface area is 92.0 Å². The zero-order chi connectivity index (χ0) is 10.7. The van der Waals surface area contributed by atoms with E-state index in [0.717, 1.165) is 18.9 Å².